The second kappa shape index (κ2) is 5.88. The average Bonchev–Trinajstić information content (AvgIpc) is 3.06. The third-order valence-corrected chi connectivity index (χ3v) is 4.27. The van der Waals surface area contributed by atoms with Crippen LogP contribution in [-0.4, -0.2) is 33.9 Å². The maximum Gasteiger partial charge on any atom is 0.253 e. The van der Waals surface area contributed by atoms with Gasteiger partial charge in [0, 0.05) is 24.2 Å². The molecule has 1 N–H and O–H groups in total. The van der Waals surface area contributed by atoms with Crippen molar-refractivity contribution in [2.24, 2.45) is 0 Å². The van der Waals surface area contributed by atoms with Crippen molar-refractivity contribution in [3.63, 3.8) is 0 Å². The van der Waals surface area contributed by atoms with Crippen LogP contribution in [-0.2, 0) is 0 Å². The Morgan fingerprint density at radius 2 is 1.83 bits per heavy atom. The van der Waals surface area contributed by atoms with Crippen LogP contribution in [0.2, 0.25) is 0 Å². The number of carbonyl (C=O) groups excluding carboxylic acids is 1. The molecule has 23 heavy (non-hydrogen) atoms. The van der Waals surface area contributed by atoms with Gasteiger partial charge in [0.2, 0.25) is 0 Å². The Hall–Kier alpha value is -2.62. The molecule has 1 amide bonds. The summed E-state index contributed by atoms with van der Waals surface area (Å²) in [6.07, 6.45) is 4.21. The molecule has 1 saturated heterocycles. The monoisotopic (exact) mass is 304 g/mol. The van der Waals surface area contributed by atoms with Gasteiger partial charge < -0.3 is 9.88 Å². The Bertz CT molecular complexity index is 832. The van der Waals surface area contributed by atoms with Crippen molar-refractivity contribution in [3.8, 4) is 11.4 Å². The van der Waals surface area contributed by atoms with Gasteiger partial charge in [0.15, 0.2) is 0 Å². The number of rotatable bonds is 2. The summed E-state index contributed by atoms with van der Waals surface area (Å²) in [5.41, 5.74) is 3.55. The minimum absolute atomic E-state index is 0.107. The number of nitrogens with zero attached hydrogens (tertiary/aromatic N) is 2. The van der Waals surface area contributed by atoms with Crippen molar-refractivity contribution in [2.45, 2.75) is 12.8 Å². The van der Waals surface area contributed by atoms with Gasteiger partial charge in [0.05, 0.1) is 11.0 Å². The number of benzene rings is 2. The molecule has 0 atom stereocenters. The Balaban J connectivity index is 1.66. The number of aromatic amines is 1. The van der Waals surface area contributed by atoms with Crippen LogP contribution in [0.1, 0.15) is 23.2 Å². The fourth-order valence-electron chi connectivity index (χ4n) is 3.01. The molecule has 4 nitrogen and oxygen atoms in total. The van der Waals surface area contributed by atoms with Gasteiger partial charge >= 0.3 is 0 Å². The Labute approximate surface area is 135 Å². The number of piperidine rings is 1. The predicted molar refractivity (Wildman–Crippen MR) is 91.0 cm³/mol. The number of fused-ring (bicyclic) bond motifs is 1. The molecule has 4 rings (SSSR count). The van der Waals surface area contributed by atoms with Crippen molar-refractivity contribution in [1.82, 2.24) is 14.9 Å². The van der Waals surface area contributed by atoms with E-state index in [4.69, 9.17) is 0 Å². The van der Waals surface area contributed by atoms with E-state index < -0.39 is 0 Å². The zero-order chi connectivity index (χ0) is 15.6. The third kappa shape index (κ3) is 2.72. The lowest BCUT2D eigenvalue weighted by molar-refractivity contribution is 0.0742. The number of carbonyl (C=O) groups is 1. The second-order valence-corrected chi connectivity index (χ2v) is 5.84. The number of H-pyrrole nitrogens is 1. The Morgan fingerprint density at radius 1 is 1.04 bits per heavy atom. The van der Waals surface area contributed by atoms with E-state index in [1.54, 1.807) is 0 Å². The SMILES string of the molecule is O=C(c1ccc2nc(-c3ccccc3)[nH]c2c1)N1CC[CH]CC1. The van der Waals surface area contributed by atoms with Gasteiger partial charge in [-0.15, -0.1) is 0 Å². The number of imidazole rings is 1. The van der Waals surface area contributed by atoms with Crippen LogP contribution in [0.15, 0.2) is 48.5 Å². The summed E-state index contributed by atoms with van der Waals surface area (Å²) in [4.78, 5) is 22.5. The van der Waals surface area contributed by atoms with Crippen molar-refractivity contribution in [2.75, 3.05) is 13.1 Å². The quantitative estimate of drug-likeness (QED) is 0.785. The van der Waals surface area contributed by atoms with E-state index in [1.165, 1.54) is 0 Å². The second-order valence-electron chi connectivity index (χ2n) is 5.84. The van der Waals surface area contributed by atoms with Gasteiger partial charge in [0.25, 0.3) is 5.91 Å². The van der Waals surface area contributed by atoms with Crippen LogP contribution in [0.3, 0.4) is 0 Å². The molecule has 0 bridgehead atoms. The van der Waals surface area contributed by atoms with Gasteiger partial charge in [-0.1, -0.05) is 30.3 Å². The summed E-state index contributed by atoms with van der Waals surface area (Å²) in [6.45, 7) is 1.63. The highest BCUT2D eigenvalue weighted by molar-refractivity contribution is 5.97. The van der Waals surface area contributed by atoms with Gasteiger partial charge in [0.1, 0.15) is 5.82 Å². The molecule has 0 unspecified atom stereocenters. The van der Waals surface area contributed by atoms with Crippen LogP contribution >= 0.6 is 0 Å². The first-order valence-corrected chi connectivity index (χ1v) is 7.97. The minimum Gasteiger partial charge on any atom is -0.339 e. The van der Waals surface area contributed by atoms with E-state index in [9.17, 15) is 4.79 Å². The van der Waals surface area contributed by atoms with Gasteiger partial charge in [-0.05, 0) is 37.5 Å². The minimum atomic E-state index is 0.107. The van der Waals surface area contributed by atoms with Crippen molar-refractivity contribution in [3.05, 3.63) is 60.5 Å². The summed E-state index contributed by atoms with van der Waals surface area (Å²) in [5.74, 6) is 0.939. The summed E-state index contributed by atoms with van der Waals surface area (Å²) >= 11 is 0. The lowest BCUT2D eigenvalue weighted by atomic mass is 10.1. The van der Waals surface area contributed by atoms with Crippen molar-refractivity contribution in [1.29, 1.82) is 0 Å². The number of nitrogens with one attached hydrogen (secondary N) is 1. The first-order valence-electron chi connectivity index (χ1n) is 7.97. The standard InChI is InChI=1S/C19H18N3O/c23-19(22-11-5-2-6-12-22)15-9-10-16-17(13-15)21-18(20-16)14-7-3-1-4-8-14/h1-4,7-10,13H,5-6,11-12H2,(H,20,21). The molecular weight excluding hydrogens is 286 g/mol. The first-order chi connectivity index (χ1) is 11.3. The molecule has 4 heteroatoms. The van der Waals surface area contributed by atoms with Crippen molar-refractivity contribution >= 4 is 16.9 Å². The maximum absolute atomic E-state index is 12.6. The van der Waals surface area contributed by atoms with Gasteiger partial charge in [-0.2, -0.15) is 0 Å². The molecular formula is C19H18N3O. The molecule has 1 aliphatic heterocycles. The molecule has 1 radical (unpaired) electrons. The Kier molecular flexibility index (Phi) is 3.58. The summed E-state index contributed by atoms with van der Waals surface area (Å²) < 4.78 is 0. The van der Waals surface area contributed by atoms with E-state index in [1.807, 2.05) is 53.4 Å². The van der Waals surface area contributed by atoms with Gasteiger partial charge in [-0.3, -0.25) is 4.79 Å². The van der Waals surface area contributed by atoms with Gasteiger partial charge in [-0.25, -0.2) is 4.98 Å². The third-order valence-electron chi connectivity index (χ3n) is 4.27. The molecule has 1 aromatic heterocycles. The largest absolute Gasteiger partial charge is 0.339 e. The topological polar surface area (TPSA) is 49.0 Å². The van der Waals surface area contributed by atoms with E-state index in [0.717, 1.165) is 53.9 Å². The number of hydrogen-bond donors (Lipinski definition) is 1. The highest BCUT2D eigenvalue weighted by atomic mass is 16.2. The Morgan fingerprint density at radius 3 is 2.61 bits per heavy atom. The zero-order valence-electron chi connectivity index (χ0n) is 12.8. The van der Waals surface area contributed by atoms with Crippen molar-refractivity contribution < 1.29 is 4.79 Å². The zero-order valence-corrected chi connectivity index (χ0v) is 12.8. The predicted octanol–water partition coefficient (Wildman–Crippen LogP) is 3.67. The molecule has 115 valence electrons. The normalized spacial score (nSPS) is 15.0. The van der Waals surface area contributed by atoms with Crippen LogP contribution in [0, 0.1) is 6.42 Å². The smallest absolute Gasteiger partial charge is 0.253 e. The van der Waals surface area contributed by atoms with E-state index in [-0.39, 0.29) is 5.91 Å². The number of hydrogen-bond acceptors (Lipinski definition) is 2. The lowest BCUT2D eigenvalue weighted by Gasteiger charge is -2.26. The summed E-state index contributed by atoms with van der Waals surface area (Å²) in [7, 11) is 0. The number of amides is 1. The van der Waals surface area contributed by atoms with Crippen LogP contribution in [0.5, 0.6) is 0 Å². The summed E-state index contributed by atoms with van der Waals surface area (Å²) in [5, 5.41) is 0. The van der Waals surface area contributed by atoms with Crippen LogP contribution in [0.25, 0.3) is 22.4 Å². The molecule has 0 saturated carbocycles. The maximum atomic E-state index is 12.6. The molecule has 1 fully saturated rings. The highest BCUT2D eigenvalue weighted by Gasteiger charge is 2.19. The first kappa shape index (κ1) is 14.0. The van der Waals surface area contributed by atoms with E-state index in [0.29, 0.717) is 0 Å². The number of likely N-dealkylation sites (tertiary alicyclic amines) is 1. The molecule has 1 aliphatic rings. The molecule has 0 aliphatic carbocycles. The van der Waals surface area contributed by atoms with E-state index >= 15 is 0 Å². The number of aromatic nitrogens is 2. The molecule has 2 aromatic carbocycles. The summed E-state index contributed by atoms with van der Waals surface area (Å²) in [6, 6.07) is 15.7. The highest BCUT2D eigenvalue weighted by Crippen LogP contribution is 2.22. The fourth-order valence-corrected chi connectivity index (χ4v) is 3.01. The fraction of sp³-hybridized carbons (Fsp3) is 0.211. The molecule has 3 aromatic rings. The lowest BCUT2D eigenvalue weighted by Crippen LogP contribution is -2.35. The molecule has 0 spiro atoms. The van der Waals surface area contributed by atoms with Crippen LogP contribution in [0.4, 0.5) is 0 Å². The molecule has 2 heterocycles. The van der Waals surface area contributed by atoms with E-state index in [2.05, 4.69) is 16.4 Å². The van der Waals surface area contributed by atoms with Crippen LogP contribution < -0.4 is 0 Å². The average molecular weight is 304 g/mol.